The molecular weight excluding hydrogens is 555 g/mol. The van der Waals surface area contributed by atoms with Gasteiger partial charge in [0.1, 0.15) is 5.82 Å². The zero-order valence-electron chi connectivity index (χ0n) is 21.3. The molecule has 0 aliphatic carbocycles. The average molecular weight is 586 g/mol. The second-order valence-corrected chi connectivity index (χ2v) is 10.1. The van der Waals surface area contributed by atoms with E-state index in [0.717, 1.165) is 0 Å². The smallest absolute Gasteiger partial charge is 0.393 e. The first kappa shape index (κ1) is 31.6. The number of halogens is 8. The third-order valence-electron chi connectivity index (χ3n) is 7.55. The van der Waals surface area contributed by atoms with Crippen LogP contribution in [0, 0.1) is 11.7 Å². The van der Waals surface area contributed by atoms with Crippen molar-refractivity contribution >= 4 is 12.4 Å². The third kappa shape index (κ3) is 7.43. The molecule has 4 nitrogen and oxygen atoms in total. The number of ether oxygens (including phenoxy) is 2. The van der Waals surface area contributed by atoms with Crippen molar-refractivity contribution in [2.75, 3.05) is 20.2 Å². The normalized spacial score (nSPS) is 27.6. The summed E-state index contributed by atoms with van der Waals surface area (Å²) >= 11 is 0. The molecule has 2 saturated heterocycles. The van der Waals surface area contributed by atoms with Gasteiger partial charge in [-0.15, -0.1) is 12.4 Å². The molecule has 0 radical (unpaired) electrons. The molecule has 2 heterocycles. The number of likely N-dealkylation sites (tertiary alicyclic amines) is 1. The number of hydrogen-bond acceptors (Lipinski definition) is 4. The van der Waals surface area contributed by atoms with Crippen molar-refractivity contribution in [2.45, 2.75) is 69.0 Å². The summed E-state index contributed by atoms with van der Waals surface area (Å²) in [7, 11) is 1.94. The van der Waals surface area contributed by atoms with Crippen LogP contribution in [0.3, 0.4) is 0 Å². The van der Waals surface area contributed by atoms with Crippen LogP contribution in [0.15, 0.2) is 42.5 Å². The van der Waals surface area contributed by atoms with Crippen molar-refractivity contribution in [3.63, 3.8) is 0 Å². The fourth-order valence-electron chi connectivity index (χ4n) is 5.54. The first-order chi connectivity index (χ1) is 17.7. The van der Waals surface area contributed by atoms with Gasteiger partial charge in [-0.05, 0) is 80.6 Å². The molecule has 218 valence electrons. The molecule has 2 aliphatic rings. The topological polar surface area (TPSA) is 41.9 Å². The van der Waals surface area contributed by atoms with Crippen molar-refractivity contribution in [3.05, 3.63) is 70.5 Å². The summed E-state index contributed by atoms with van der Waals surface area (Å²) in [4.78, 5) is 2.13. The van der Waals surface area contributed by atoms with E-state index in [0.29, 0.717) is 43.5 Å². The Balaban J connectivity index is 0.00000420. The molecule has 2 aliphatic heterocycles. The maximum Gasteiger partial charge on any atom is 0.416 e. The van der Waals surface area contributed by atoms with Crippen LogP contribution in [0.5, 0.6) is 0 Å². The van der Waals surface area contributed by atoms with Crippen LogP contribution in [0.4, 0.5) is 30.7 Å². The Kier molecular flexibility index (Phi) is 9.97. The molecule has 6 unspecified atom stereocenters. The lowest BCUT2D eigenvalue weighted by Crippen LogP contribution is -2.51. The van der Waals surface area contributed by atoms with Crippen molar-refractivity contribution in [3.8, 4) is 0 Å². The minimum atomic E-state index is -4.98. The van der Waals surface area contributed by atoms with Gasteiger partial charge in [-0.1, -0.05) is 12.1 Å². The van der Waals surface area contributed by atoms with Gasteiger partial charge in [0, 0.05) is 18.5 Å². The number of hydrogen-bond donors (Lipinski definition) is 1. The summed E-state index contributed by atoms with van der Waals surface area (Å²) in [5.41, 5.74) is -2.47. The van der Waals surface area contributed by atoms with E-state index in [4.69, 9.17) is 9.47 Å². The summed E-state index contributed by atoms with van der Waals surface area (Å²) in [6.45, 7) is 2.28. The van der Waals surface area contributed by atoms with Gasteiger partial charge in [-0.3, -0.25) is 0 Å². The maximum absolute atomic E-state index is 13.7. The van der Waals surface area contributed by atoms with Crippen LogP contribution in [-0.4, -0.2) is 48.6 Å². The summed E-state index contributed by atoms with van der Waals surface area (Å²) < 4.78 is 106. The Bertz CT molecular complexity index is 1060. The molecule has 6 atom stereocenters. The molecule has 0 spiro atoms. The van der Waals surface area contributed by atoms with Crippen molar-refractivity contribution in [1.82, 2.24) is 4.90 Å². The highest BCUT2D eigenvalue weighted by Gasteiger charge is 2.44. The molecule has 0 amide bonds. The zero-order chi connectivity index (χ0) is 27.8. The Hall–Kier alpha value is -1.92. The minimum Gasteiger partial charge on any atom is -0.393 e. The molecule has 2 aromatic carbocycles. The summed E-state index contributed by atoms with van der Waals surface area (Å²) in [6.07, 6.45) is -11.0. The molecule has 0 saturated carbocycles. The number of benzene rings is 2. The van der Waals surface area contributed by atoms with E-state index in [9.17, 15) is 35.8 Å². The van der Waals surface area contributed by atoms with E-state index in [1.807, 2.05) is 7.05 Å². The van der Waals surface area contributed by atoms with Crippen molar-refractivity contribution in [2.24, 2.45) is 5.92 Å². The largest absolute Gasteiger partial charge is 0.416 e. The van der Waals surface area contributed by atoms with E-state index < -0.39 is 53.7 Å². The Morgan fingerprint density at radius 3 is 2.13 bits per heavy atom. The highest BCUT2D eigenvalue weighted by Crippen LogP contribution is 2.44. The van der Waals surface area contributed by atoms with Crippen LogP contribution in [0.1, 0.15) is 60.5 Å². The molecule has 39 heavy (non-hydrogen) atoms. The Labute approximate surface area is 228 Å². The van der Waals surface area contributed by atoms with Gasteiger partial charge >= 0.3 is 12.4 Å². The summed E-state index contributed by atoms with van der Waals surface area (Å²) in [5, 5.41) is 10.3. The van der Waals surface area contributed by atoms with E-state index in [1.165, 1.54) is 19.1 Å². The number of alkyl halides is 6. The van der Waals surface area contributed by atoms with Gasteiger partial charge in [0.2, 0.25) is 0 Å². The molecule has 0 aromatic heterocycles. The van der Waals surface area contributed by atoms with E-state index >= 15 is 0 Å². The molecule has 1 N–H and O–H groups in total. The number of rotatable bonds is 5. The number of nitrogens with zero attached hydrogens (tertiary/aromatic N) is 1. The second kappa shape index (κ2) is 12.3. The third-order valence-corrected chi connectivity index (χ3v) is 7.55. The predicted molar refractivity (Wildman–Crippen MR) is 132 cm³/mol. The lowest BCUT2D eigenvalue weighted by Gasteiger charge is -2.47. The lowest BCUT2D eigenvalue weighted by molar-refractivity contribution is -0.216. The molecule has 2 fully saturated rings. The highest BCUT2D eigenvalue weighted by molar-refractivity contribution is 5.85. The van der Waals surface area contributed by atoms with Crippen LogP contribution in [0.25, 0.3) is 0 Å². The molecule has 0 bridgehead atoms. The van der Waals surface area contributed by atoms with E-state index in [2.05, 4.69) is 4.90 Å². The Morgan fingerprint density at radius 1 is 0.974 bits per heavy atom. The van der Waals surface area contributed by atoms with E-state index in [1.54, 1.807) is 12.1 Å². The monoisotopic (exact) mass is 585 g/mol. The SMILES string of the molecule is CC(OC1OCCC(C2CC(O)CCN2C)C1c1ccc(F)cc1)c1cc(C(F)(F)F)cc(C(F)(F)F)c1.Cl. The average Bonchev–Trinajstić information content (AvgIpc) is 2.84. The zero-order valence-corrected chi connectivity index (χ0v) is 22.1. The first-order valence-corrected chi connectivity index (χ1v) is 12.4. The van der Waals surface area contributed by atoms with Gasteiger partial charge in [0.15, 0.2) is 6.29 Å². The van der Waals surface area contributed by atoms with Crippen LogP contribution in [0.2, 0.25) is 0 Å². The van der Waals surface area contributed by atoms with Gasteiger partial charge in [0.05, 0.1) is 29.9 Å². The van der Waals surface area contributed by atoms with Gasteiger partial charge in [0.25, 0.3) is 0 Å². The summed E-state index contributed by atoms with van der Waals surface area (Å²) in [5.74, 6) is -1.09. The number of piperidine rings is 1. The van der Waals surface area contributed by atoms with Crippen LogP contribution >= 0.6 is 12.4 Å². The predicted octanol–water partition coefficient (Wildman–Crippen LogP) is 6.96. The van der Waals surface area contributed by atoms with Crippen molar-refractivity contribution in [1.29, 1.82) is 0 Å². The summed E-state index contributed by atoms with van der Waals surface area (Å²) in [6, 6.07) is 7.02. The molecule has 4 rings (SSSR count). The van der Waals surface area contributed by atoms with Gasteiger partial charge < -0.3 is 19.5 Å². The second-order valence-electron chi connectivity index (χ2n) is 10.1. The lowest BCUT2D eigenvalue weighted by atomic mass is 9.74. The standard InChI is InChI=1S/C27H30F7NO3.ClH/c1-15(17-11-18(26(29,30)31)13-19(12-17)27(32,33)34)38-25-24(16-3-5-20(28)6-4-16)22(8-10-37-25)23-14-21(36)7-9-35(23)2;/h3-6,11-13,15,21-25,36H,7-10,14H2,1-2H3;1H. The van der Waals surface area contributed by atoms with Crippen LogP contribution in [-0.2, 0) is 21.8 Å². The first-order valence-electron chi connectivity index (χ1n) is 12.4. The fraction of sp³-hybridized carbons (Fsp3) is 0.556. The van der Waals surface area contributed by atoms with Crippen molar-refractivity contribution < 1.29 is 45.3 Å². The Morgan fingerprint density at radius 2 is 1.56 bits per heavy atom. The van der Waals surface area contributed by atoms with Gasteiger partial charge in [-0.2, -0.15) is 26.3 Å². The minimum absolute atomic E-state index is 0. The van der Waals surface area contributed by atoms with E-state index in [-0.39, 0.29) is 42.6 Å². The quantitative estimate of drug-likeness (QED) is 0.385. The number of aliphatic hydroxyl groups is 1. The fourth-order valence-corrected chi connectivity index (χ4v) is 5.54. The molecule has 2 aromatic rings. The maximum atomic E-state index is 13.7. The highest BCUT2D eigenvalue weighted by atomic mass is 35.5. The van der Waals surface area contributed by atoms with Gasteiger partial charge in [-0.25, -0.2) is 4.39 Å². The van der Waals surface area contributed by atoms with Crippen LogP contribution < -0.4 is 0 Å². The number of aliphatic hydroxyl groups excluding tert-OH is 1. The molecular formula is C27H31ClF7NO3. The molecule has 12 heteroatoms.